The molecule has 1 aromatic carbocycles. The lowest BCUT2D eigenvalue weighted by molar-refractivity contribution is -0.0293. The van der Waals surface area contributed by atoms with Gasteiger partial charge in [0.15, 0.2) is 0 Å². The van der Waals surface area contributed by atoms with Gasteiger partial charge in [-0.1, -0.05) is 0 Å². The Bertz CT molecular complexity index is 963. The van der Waals surface area contributed by atoms with Gasteiger partial charge in [-0.2, -0.15) is 0 Å². The summed E-state index contributed by atoms with van der Waals surface area (Å²) >= 11 is 3.57. The van der Waals surface area contributed by atoms with E-state index in [-0.39, 0.29) is 6.61 Å². The van der Waals surface area contributed by atoms with Gasteiger partial charge in [-0.15, -0.1) is 11.3 Å². The maximum Gasteiger partial charge on any atom is 0.287 e. The van der Waals surface area contributed by atoms with Crippen LogP contribution in [0.5, 0.6) is 0 Å². The number of carbonyl (C=O) groups is 1. The van der Waals surface area contributed by atoms with Crippen molar-refractivity contribution in [2.45, 2.75) is 13.0 Å². The number of pyridine rings is 1. The van der Waals surface area contributed by atoms with Gasteiger partial charge in [0.05, 0.1) is 12.3 Å². The Hall–Kier alpha value is -1.79. The molecule has 0 aliphatic rings. The third kappa shape index (κ3) is 4.74. The normalized spacial score (nSPS) is 12.1. The van der Waals surface area contributed by atoms with Crippen molar-refractivity contribution in [1.29, 1.82) is 0 Å². The number of aliphatic hydroxyl groups excluding tert-OH is 2. The Morgan fingerprint density at radius 2 is 2.22 bits per heavy atom. The predicted molar refractivity (Wildman–Crippen MR) is 113 cm³/mol. The Morgan fingerprint density at radius 3 is 2.96 bits per heavy atom. The molecule has 0 unspecified atom stereocenters. The monoisotopic (exact) mass is 499 g/mol. The minimum atomic E-state index is -1.05. The van der Waals surface area contributed by atoms with E-state index in [9.17, 15) is 9.90 Å². The molecule has 2 heterocycles. The lowest BCUT2D eigenvalue weighted by Gasteiger charge is -2.12. The number of hydrogen-bond acceptors (Lipinski definition) is 7. The molecule has 0 saturated heterocycles. The van der Waals surface area contributed by atoms with E-state index in [1.807, 2.05) is 25.1 Å². The number of aromatic nitrogens is 1. The van der Waals surface area contributed by atoms with Gasteiger partial charge in [-0.3, -0.25) is 14.6 Å². The molecule has 0 fully saturated rings. The van der Waals surface area contributed by atoms with Crippen molar-refractivity contribution in [3.8, 4) is 0 Å². The van der Waals surface area contributed by atoms with Crippen LogP contribution in [-0.4, -0.2) is 40.4 Å². The summed E-state index contributed by atoms with van der Waals surface area (Å²) in [6, 6.07) is 7.85. The first-order valence-electron chi connectivity index (χ1n) is 8.10. The Balaban J connectivity index is 1.90. The predicted octanol–water partition coefficient (Wildman–Crippen LogP) is 2.97. The highest BCUT2D eigenvalue weighted by Gasteiger charge is 2.20. The minimum Gasteiger partial charge on any atom is -0.394 e. The van der Waals surface area contributed by atoms with E-state index in [0.717, 1.165) is 24.9 Å². The van der Waals surface area contributed by atoms with Gasteiger partial charge < -0.3 is 15.5 Å². The lowest BCUT2D eigenvalue weighted by Crippen LogP contribution is -2.29. The third-order valence-electron chi connectivity index (χ3n) is 3.80. The summed E-state index contributed by atoms with van der Waals surface area (Å²) in [5, 5.41) is 22.3. The number of aryl methyl sites for hydroxylation is 1. The van der Waals surface area contributed by atoms with Crippen LogP contribution in [0, 0.1) is 10.5 Å². The molecule has 7 nitrogen and oxygen atoms in total. The molecule has 3 rings (SSSR count). The summed E-state index contributed by atoms with van der Waals surface area (Å²) < 4.78 is 2.04. The third-order valence-corrected chi connectivity index (χ3v) is 5.64. The number of hydroxylamine groups is 1. The van der Waals surface area contributed by atoms with Crippen molar-refractivity contribution < 1.29 is 19.8 Å². The second-order valence-electron chi connectivity index (χ2n) is 5.84. The quantitative estimate of drug-likeness (QED) is 0.295. The standard InChI is InChI=1S/C18H18IN3O4S/c1-10-6-11(19)2-3-14(10)21-16-13-7-20-5-4-15(13)27-17(16)18(25)22-26-9-12(24)8-23/h2-7,12,21,23-24H,8-9H2,1H3,(H,22,25)/t12-/m1/s1. The van der Waals surface area contributed by atoms with Crippen molar-refractivity contribution in [2.75, 3.05) is 18.5 Å². The molecule has 4 N–H and O–H groups in total. The van der Waals surface area contributed by atoms with Crippen LogP contribution in [0.25, 0.3) is 10.1 Å². The molecule has 0 radical (unpaired) electrons. The van der Waals surface area contributed by atoms with E-state index in [0.29, 0.717) is 10.6 Å². The topological polar surface area (TPSA) is 104 Å². The summed E-state index contributed by atoms with van der Waals surface area (Å²) in [6.45, 7) is 1.35. The van der Waals surface area contributed by atoms with E-state index in [2.05, 4.69) is 44.4 Å². The second kappa shape index (κ2) is 8.93. The Morgan fingerprint density at radius 1 is 1.41 bits per heavy atom. The van der Waals surface area contributed by atoms with Crippen LogP contribution in [0.15, 0.2) is 36.7 Å². The van der Waals surface area contributed by atoms with Crippen molar-refractivity contribution in [1.82, 2.24) is 10.5 Å². The fourth-order valence-electron chi connectivity index (χ4n) is 2.43. The Labute approximate surface area is 173 Å². The van der Waals surface area contributed by atoms with E-state index in [4.69, 9.17) is 9.94 Å². The fourth-order valence-corrected chi connectivity index (χ4v) is 4.09. The van der Waals surface area contributed by atoms with Crippen LogP contribution in [0.2, 0.25) is 0 Å². The molecule has 9 heteroatoms. The number of nitrogens with one attached hydrogen (secondary N) is 2. The van der Waals surface area contributed by atoms with Gasteiger partial charge in [0.1, 0.15) is 17.6 Å². The van der Waals surface area contributed by atoms with Crippen LogP contribution < -0.4 is 10.8 Å². The van der Waals surface area contributed by atoms with Gasteiger partial charge in [-0.05, 0) is 59.3 Å². The SMILES string of the molecule is Cc1cc(I)ccc1Nc1c(C(=O)NOC[C@H](O)CO)sc2ccncc12. The van der Waals surface area contributed by atoms with Crippen LogP contribution >= 0.6 is 33.9 Å². The molecule has 27 heavy (non-hydrogen) atoms. The highest BCUT2D eigenvalue weighted by molar-refractivity contribution is 14.1. The number of aliphatic hydroxyl groups is 2. The molecule has 1 amide bonds. The first-order chi connectivity index (χ1) is 13.0. The molecule has 1 atom stereocenters. The summed E-state index contributed by atoms with van der Waals surface area (Å²) in [5.41, 5.74) is 4.91. The fraction of sp³-hybridized carbons (Fsp3) is 0.222. The highest BCUT2D eigenvalue weighted by Crippen LogP contribution is 2.37. The van der Waals surface area contributed by atoms with Gasteiger partial charge in [-0.25, -0.2) is 5.48 Å². The first-order valence-corrected chi connectivity index (χ1v) is 10.00. The minimum absolute atomic E-state index is 0.201. The average Bonchev–Trinajstić information content (AvgIpc) is 3.02. The smallest absolute Gasteiger partial charge is 0.287 e. The van der Waals surface area contributed by atoms with Crippen molar-refractivity contribution in [2.24, 2.45) is 0 Å². The molecule has 0 aliphatic carbocycles. The van der Waals surface area contributed by atoms with Crippen LogP contribution in [-0.2, 0) is 4.84 Å². The maximum atomic E-state index is 12.6. The number of amides is 1. The zero-order valence-corrected chi connectivity index (χ0v) is 17.4. The summed E-state index contributed by atoms with van der Waals surface area (Å²) in [5.74, 6) is -0.438. The van der Waals surface area contributed by atoms with Gasteiger partial charge in [0.25, 0.3) is 5.91 Å². The summed E-state index contributed by atoms with van der Waals surface area (Å²) in [6.07, 6.45) is 2.33. The number of hydrogen-bond donors (Lipinski definition) is 4. The molecule has 0 bridgehead atoms. The molecule has 3 aromatic rings. The van der Waals surface area contributed by atoms with Crippen LogP contribution in [0.3, 0.4) is 0 Å². The number of halogens is 1. The van der Waals surface area contributed by atoms with E-state index < -0.39 is 18.6 Å². The number of benzene rings is 1. The maximum absolute atomic E-state index is 12.6. The Kier molecular flexibility index (Phi) is 6.60. The molecule has 142 valence electrons. The number of anilines is 2. The van der Waals surface area contributed by atoms with Crippen molar-refractivity contribution in [3.63, 3.8) is 0 Å². The number of nitrogens with zero attached hydrogens (tertiary/aromatic N) is 1. The van der Waals surface area contributed by atoms with Crippen LogP contribution in [0.1, 0.15) is 15.2 Å². The van der Waals surface area contributed by atoms with E-state index in [1.54, 1.807) is 12.4 Å². The number of carbonyl (C=O) groups excluding carboxylic acids is 1. The summed E-state index contributed by atoms with van der Waals surface area (Å²) in [4.78, 5) is 22.2. The number of thiophene rings is 1. The van der Waals surface area contributed by atoms with Crippen LogP contribution in [0.4, 0.5) is 11.4 Å². The number of rotatable bonds is 7. The molecular weight excluding hydrogens is 481 g/mol. The van der Waals surface area contributed by atoms with E-state index >= 15 is 0 Å². The zero-order valence-electron chi connectivity index (χ0n) is 14.4. The zero-order chi connectivity index (χ0) is 19.4. The second-order valence-corrected chi connectivity index (χ2v) is 8.14. The molecule has 0 spiro atoms. The van der Waals surface area contributed by atoms with Gasteiger partial charge in [0, 0.05) is 31.7 Å². The van der Waals surface area contributed by atoms with Crippen molar-refractivity contribution >= 4 is 61.3 Å². The van der Waals surface area contributed by atoms with Gasteiger partial charge >= 0.3 is 0 Å². The van der Waals surface area contributed by atoms with Crippen molar-refractivity contribution in [3.05, 3.63) is 50.7 Å². The lowest BCUT2D eigenvalue weighted by atomic mass is 10.2. The molecule has 0 saturated carbocycles. The molecule has 2 aromatic heterocycles. The average molecular weight is 499 g/mol. The first kappa shape index (κ1) is 20.0. The summed E-state index contributed by atoms with van der Waals surface area (Å²) in [7, 11) is 0. The van der Waals surface area contributed by atoms with E-state index in [1.165, 1.54) is 11.3 Å². The largest absolute Gasteiger partial charge is 0.394 e. The number of fused-ring (bicyclic) bond motifs is 1. The molecular formula is C18H18IN3O4S. The highest BCUT2D eigenvalue weighted by atomic mass is 127. The van der Waals surface area contributed by atoms with Gasteiger partial charge in [0.2, 0.25) is 0 Å². The molecule has 0 aliphatic heterocycles.